The molecular formula is C26H25N5O2. The smallest absolute Gasteiger partial charge is 0.246 e. The lowest BCUT2D eigenvalue weighted by Crippen LogP contribution is -2.29. The van der Waals surface area contributed by atoms with E-state index in [1.807, 2.05) is 70.1 Å². The van der Waals surface area contributed by atoms with E-state index < -0.39 is 0 Å². The Bertz CT molecular complexity index is 1300. The van der Waals surface area contributed by atoms with Crippen molar-refractivity contribution in [3.8, 4) is 17.0 Å². The zero-order valence-electron chi connectivity index (χ0n) is 18.2. The summed E-state index contributed by atoms with van der Waals surface area (Å²) in [5.74, 6) is 1.87. The van der Waals surface area contributed by atoms with Crippen LogP contribution in [-0.4, -0.2) is 31.7 Å². The molecule has 0 bridgehead atoms. The Labute approximate surface area is 192 Å². The van der Waals surface area contributed by atoms with Crippen molar-refractivity contribution >= 4 is 17.2 Å². The molecule has 2 N–H and O–H groups in total. The van der Waals surface area contributed by atoms with E-state index in [4.69, 9.17) is 15.5 Å². The highest BCUT2D eigenvalue weighted by molar-refractivity contribution is 5.88. The maximum Gasteiger partial charge on any atom is 0.246 e. The van der Waals surface area contributed by atoms with Crippen LogP contribution in [0.3, 0.4) is 0 Å². The molecule has 1 fully saturated rings. The summed E-state index contributed by atoms with van der Waals surface area (Å²) in [6, 6.07) is 17.7. The number of likely N-dealkylation sites (tertiary alicyclic amines) is 1. The van der Waals surface area contributed by atoms with Crippen molar-refractivity contribution < 1.29 is 9.53 Å². The number of benzene rings is 2. The van der Waals surface area contributed by atoms with Gasteiger partial charge in [-0.2, -0.15) is 0 Å². The quantitative estimate of drug-likeness (QED) is 0.450. The minimum absolute atomic E-state index is 0.0854. The number of amides is 1. The number of hydrogen-bond acceptors (Lipinski definition) is 5. The molecule has 0 spiro atoms. The number of aromatic nitrogens is 3. The standard InChI is InChI=1S/C26H25N5O2/c1-2-22(32)30-15-6-9-21(30)26-29-23(24-25(27)28-14-16-31(24)26)19-10-12-20(13-11-19)33-17-18-7-4-3-5-8-18/h2-5,7-8,10-14,16,21H,1,6,9,15,17H2,(H2,27,28)/t21-/m0/s1. The van der Waals surface area contributed by atoms with Gasteiger partial charge in [0.15, 0.2) is 0 Å². The maximum absolute atomic E-state index is 12.4. The Kier molecular flexibility index (Phi) is 5.52. The van der Waals surface area contributed by atoms with Gasteiger partial charge in [-0.15, -0.1) is 0 Å². The average molecular weight is 440 g/mol. The predicted molar refractivity (Wildman–Crippen MR) is 127 cm³/mol. The first-order valence-corrected chi connectivity index (χ1v) is 11.0. The molecule has 4 aromatic rings. The molecular weight excluding hydrogens is 414 g/mol. The molecule has 0 aliphatic carbocycles. The molecule has 3 heterocycles. The van der Waals surface area contributed by atoms with Crippen LogP contribution in [0.1, 0.15) is 30.3 Å². The van der Waals surface area contributed by atoms with Gasteiger partial charge in [-0.1, -0.05) is 36.9 Å². The molecule has 0 saturated carbocycles. The van der Waals surface area contributed by atoms with E-state index in [0.717, 1.165) is 46.8 Å². The second kappa shape index (κ2) is 8.78. The Balaban J connectivity index is 1.48. The van der Waals surface area contributed by atoms with E-state index >= 15 is 0 Å². The molecule has 2 aromatic heterocycles. The Morgan fingerprint density at radius 3 is 2.73 bits per heavy atom. The van der Waals surface area contributed by atoms with Gasteiger partial charge in [0.1, 0.15) is 35.2 Å². The van der Waals surface area contributed by atoms with Gasteiger partial charge in [0.2, 0.25) is 5.91 Å². The van der Waals surface area contributed by atoms with Gasteiger partial charge in [-0.3, -0.25) is 9.20 Å². The first-order chi connectivity index (χ1) is 16.2. The van der Waals surface area contributed by atoms with Crippen molar-refractivity contribution in [1.82, 2.24) is 19.3 Å². The van der Waals surface area contributed by atoms with Crippen molar-refractivity contribution in [2.24, 2.45) is 0 Å². The van der Waals surface area contributed by atoms with Crippen LogP contribution in [0.15, 0.2) is 79.6 Å². The first kappa shape index (κ1) is 20.8. The van der Waals surface area contributed by atoms with E-state index in [1.54, 1.807) is 6.20 Å². The van der Waals surface area contributed by atoms with Crippen LogP contribution < -0.4 is 10.5 Å². The van der Waals surface area contributed by atoms with Crippen molar-refractivity contribution in [2.45, 2.75) is 25.5 Å². The normalized spacial score (nSPS) is 15.6. The Morgan fingerprint density at radius 1 is 1.18 bits per heavy atom. The summed E-state index contributed by atoms with van der Waals surface area (Å²) in [5, 5.41) is 0. The number of carbonyl (C=O) groups excluding carboxylic acids is 1. The Morgan fingerprint density at radius 2 is 1.97 bits per heavy atom. The van der Waals surface area contributed by atoms with E-state index in [0.29, 0.717) is 19.0 Å². The minimum Gasteiger partial charge on any atom is -0.489 e. The van der Waals surface area contributed by atoms with Gasteiger partial charge in [-0.05, 0) is 48.7 Å². The summed E-state index contributed by atoms with van der Waals surface area (Å²) in [4.78, 5) is 23.5. The van der Waals surface area contributed by atoms with Crippen LogP contribution in [-0.2, 0) is 11.4 Å². The fraction of sp³-hybridized carbons (Fsp3) is 0.192. The lowest BCUT2D eigenvalue weighted by Gasteiger charge is -2.22. The number of ether oxygens (including phenoxy) is 1. The van der Waals surface area contributed by atoms with Crippen LogP contribution in [0.2, 0.25) is 0 Å². The SMILES string of the molecule is C=CC(=O)N1CCC[C@H]1c1nc(-c2ccc(OCc3ccccc3)cc2)c2c(N)nccn12. The molecule has 166 valence electrons. The number of hydrogen-bond donors (Lipinski definition) is 1. The van der Waals surface area contributed by atoms with Crippen molar-refractivity contribution in [2.75, 3.05) is 12.3 Å². The number of rotatable bonds is 6. The molecule has 7 heteroatoms. The van der Waals surface area contributed by atoms with Crippen LogP contribution in [0.25, 0.3) is 16.8 Å². The maximum atomic E-state index is 12.4. The molecule has 1 saturated heterocycles. The summed E-state index contributed by atoms with van der Waals surface area (Å²) < 4.78 is 7.87. The van der Waals surface area contributed by atoms with Gasteiger partial charge in [0.05, 0.1) is 6.04 Å². The summed E-state index contributed by atoms with van der Waals surface area (Å²) in [6.07, 6.45) is 6.63. The van der Waals surface area contributed by atoms with Gasteiger partial charge in [-0.25, -0.2) is 9.97 Å². The molecule has 0 radical (unpaired) electrons. The fourth-order valence-corrected chi connectivity index (χ4v) is 4.39. The second-order valence-electron chi connectivity index (χ2n) is 8.04. The highest BCUT2D eigenvalue weighted by atomic mass is 16.5. The highest BCUT2D eigenvalue weighted by Crippen LogP contribution is 2.36. The summed E-state index contributed by atoms with van der Waals surface area (Å²) in [6.45, 7) is 4.84. The number of nitrogens with zero attached hydrogens (tertiary/aromatic N) is 4. The third-order valence-electron chi connectivity index (χ3n) is 5.99. The van der Waals surface area contributed by atoms with Crippen molar-refractivity contribution in [3.05, 3.63) is 91.0 Å². The van der Waals surface area contributed by atoms with E-state index in [9.17, 15) is 4.79 Å². The third-order valence-corrected chi connectivity index (χ3v) is 5.99. The predicted octanol–water partition coefficient (Wildman–Crippen LogP) is 4.41. The van der Waals surface area contributed by atoms with Gasteiger partial charge >= 0.3 is 0 Å². The number of nitrogens with two attached hydrogens (primary N) is 1. The molecule has 1 amide bonds. The number of nitrogen functional groups attached to an aromatic ring is 1. The number of fused-ring (bicyclic) bond motifs is 1. The monoisotopic (exact) mass is 439 g/mol. The van der Waals surface area contributed by atoms with E-state index in [2.05, 4.69) is 11.6 Å². The topological polar surface area (TPSA) is 85.8 Å². The number of imidazole rings is 1. The summed E-state index contributed by atoms with van der Waals surface area (Å²) in [7, 11) is 0. The Hall–Kier alpha value is -4.13. The molecule has 7 nitrogen and oxygen atoms in total. The van der Waals surface area contributed by atoms with Gasteiger partial charge in [0, 0.05) is 24.5 Å². The average Bonchev–Trinajstić information content (AvgIpc) is 3.49. The summed E-state index contributed by atoms with van der Waals surface area (Å²) >= 11 is 0. The molecule has 5 rings (SSSR count). The molecule has 1 aliphatic rings. The van der Waals surface area contributed by atoms with E-state index in [1.165, 1.54) is 6.08 Å². The number of carbonyl (C=O) groups is 1. The van der Waals surface area contributed by atoms with Crippen LogP contribution in [0.4, 0.5) is 5.82 Å². The van der Waals surface area contributed by atoms with Gasteiger partial charge in [0.25, 0.3) is 0 Å². The van der Waals surface area contributed by atoms with Crippen molar-refractivity contribution in [3.63, 3.8) is 0 Å². The molecule has 0 unspecified atom stereocenters. The third kappa shape index (κ3) is 3.93. The lowest BCUT2D eigenvalue weighted by molar-refractivity contribution is -0.127. The van der Waals surface area contributed by atoms with Crippen LogP contribution in [0, 0.1) is 0 Å². The zero-order valence-corrected chi connectivity index (χ0v) is 18.2. The molecule has 1 aliphatic heterocycles. The first-order valence-electron chi connectivity index (χ1n) is 11.0. The zero-order chi connectivity index (χ0) is 22.8. The number of anilines is 1. The van der Waals surface area contributed by atoms with E-state index in [-0.39, 0.29) is 11.9 Å². The minimum atomic E-state index is -0.132. The highest BCUT2D eigenvalue weighted by Gasteiger charge is 2.33. The molecule has 1 atom stereocenters. The van der Waals surface area contributed by atoms with Crippen molar-refractivity contribution in [1.29, 1.82) is 0 Å². The van der Waals surface area contributed by atoms with Gasteiger partial charge < -0.3 is 15.4 Å². The second-order valence-corrected chi connectivity index (χ2v) is 8.04. The fourth-order valence-electron chi connectivity index (χ4n) is 4.39. The van der Waals surface area contributed by atoms with Crippen LogP contribution in [0.5, 0.6) is 5.75 Å². The molecule has 33 heavy (non-hydrogen) atoms. The summed E-state index contributed by atoms with van der Waals surface area (Å²) in [5.41, 5.74) is 9.77. The largest absolute Gasteiger partial charge is 0.489 e. The van der Waals surface area contributed by atoms with Crippen LogP contribution >= 0.6 is 0 Å². The molecule has 2 aromatic carbocycles. The lowest BCUT2D eigenvalue weighted by atomic mass is 10.1.